The SMILES string of the molecule is CC(C)C(=O)Nc1cccc(C(=O)N[C@@H](C(=O)N2CC[C@](O)(c3ccc(Cl)cc3)C(C)(C)C2)C(C)C)c1. The Morgan fingerprint density at radius 1 is 1.03 bits per heavy atom. The van der Waals surface area contributed by atoms with Crippen LogP contribution >= 0.6 is 11.6 Å². The Labute approximate surface area is 224 Å². The fourth-order valence-corrected chi connectivity index (χ4v) is 4.86. The number of likely N-dealkylation sites (tertiary alicyclic amines) is 1. The summed E-state index contributed by atoms with van der Waals surface area (Å²) >= 11 is 6.04. The van der Waals surface area contributed by atoms with Gasteiger partial charge in [0.2, 0.25) is 11.8 Å². The van der Waals surface area contributed by atoms with Crippen LogP contribution in [0.2, 0.25) is 5.02 Å². The molecule has 2 aromatic carbocycles. The maximum absolute atomic E-state index is 13.6. The second kappa shape index (κ2) is 11.2. The molecule has 0 unspecified atom stereocenters. The molecule has 0 saturated carbocycles. The minimum atomic E-state index is -1.12. The van der Waals surface area contributed by atoms with E-state index >= 15 is 0 Å². The monoisotopic (exact) mass is 527 g/mol. The summed E-state index contributed by atoms with van der Waals surface area (Å²) in [6, 6.07) is 13.1. The molecule has 37 heavy (non-hydrogen) atoms. The number of carbonyl (C=O) groups is 3. The van der Waals surface area contributed by atoms with E-state index in [0.717, 1.165) is 5.56 Å². The predicted octanol–water partition coefficient (Wildman–Crippen LogP) is 4.84. The summed E-state index contributed by atoms with van der Waals surface area (Å²) < 4.78 is 0. The summed E-state index contributed by atoms with van der Waals surface area (Å²) in [6.07, 6.45) is 0.365. The summed E-state index contributed by atoms with van der Waals surface area (Å²) in [5.74, 6) is -1.05. The van der Waals surface area contributed by atoms with Gasteiger partial charge < -0.3 is 20.6 Å². The molecule has 1 heterocycles. The summed E-state index contributed by atoms with van der Waals surface area (Å²) in [7, 11) is 0. The average molecular weight is 528 g/mol. The highest BCUT2D eigenvalue weighted by atomic mass is 35.5. The molecule has 0 aromatic heterocycles. The smallest absolute Gasteiger partial charge is 0.252 e. The molecule has 3 N–H and O–H groups in total. The molecule has 1 aliphatic heterocycles. The lowest BCUT2D eigenvalue weighted by Crippen LogP contribution is -2.60. The van der Waals surface area contributed by atoms with Crippen LogP contribution < -0.4 is 10.6 Å². The highest BCUT2D eigenvalue weighted by Gasteiger charge is 2.50. The van der Waals surface area contributed by atoms with Crippen LogP contribution in [0, 0.1) is 17.3 Å². The number of piperidine rings is 1. The van der Waals surface area contributed by atoms with Crippen molar-refractivity contribution in [3.63, 3.8) is 0 Å². The van der Waals surface area contributed by atoms with Crippen molar-refractivity contribution in [2.24, 2.45) is 17.3 Å². The van der Waals surface area contributed by atoms with Gasteiger partial charge in [0, 0.05) is 40.7 Å². The zero-order valence-electron chi connectivity index (χ0n) is 22.5. The molecule has 3 rings (SSSR count). The number of rotatable bonds is 7. The maximum Gasteiger partial charge on any atom is 0.252 e. The number of benzene rings is 2. The Morgan fingerprint density at radius 2 is 1.68 bits per heavy atom. The van der Waals surface area contributed by atoms with Crippen LogP contribution in [0.15, 0.2) is 48.5 Å². The van der Waals surface area contributed by atoms with Gasteiger partial charge >= 0.3 is 0 Å². The molecular weight excluding hydrogens is 490 g/mol. The lowest BCUT2D eigenvalue weighted by atomic mass is 9.66. The fraction of sp³-hybridized carbons (Fsp3) is 0.483. The van der Waals surface area contributed by atoms with Crippen molar-refractivity contribution in [3.8, 4) is 0 Å². The average Bonchev–Trinajstić information content (AvgIpc) is 2.83. The number of carbonyl (C=O) groups excluding carboxylic acids is 3. The van der Waals surface area contributed by atoms with E-state index in [1.165, 1.54) is 0 Å². The molecule has 0 spiro atoms. The first-order valence-electron chi connectivity index (χ1n) is 12.7. The van der Waals surface area contributed by atoms with Gasteiger partial charge in [-0.05, 0) is 48.2 Å². The van der Waals surface area contributed by atoms with Crippen LogP contribution in [-0.2, 0) is 15.2 Å². The van der Waals surface area contributed by atoms with Gasteiger partial charge in [-0.3, -0.25) is 14.4 Å². The summed E-state index contributed by atoms with van der Waals surface area (Å²) in [5, 5.41) is 17.9. The van der Waals surface area contributed by atoms with Gasteiger partial charge in [-0.1, -0.05) is 71.3 Å². The Morgan fingerprint density at radius 3 is 2.24 bits per heavy atom. The van der Waals surface area contributed by atoms with Gasteiger partial charge in [0.1, 0.15) is 6.04 Å². The predicted molar refractivity (Wildman–Crippen MR) is 146 cm³/mol. The zero-order valence-corrected chi connectivity index (χ0v) is 23.2. The fourth-order valence-electron chi connectivity index (χ4n) is 4.73. The minimum absolute atomic E-state index is 0.140. The van der Waals surface area contributed by atoms with E-state index in [9.17, 15) is 19.5 Å². The van der Waals surface area contributed by atoms with Crippen LogP contribution in [0.1, 0.15) is 63.9 Å². The number of aliphatic hydroxyl groups is 1. The molecule has 2 aromatic rings. The van der Waals surface area contributed by atoms with Gasteiger partial charge in [0.05, 0.1) is 5.60 Å². The highest BCUT2D eigenvalue weighted by molar-refractivity contribution is 6.30. The van der Waals surface area contributed by atoms with Gasteiger partial charge in [0.15, 0.2) is 0 Å². The third-order valence-electron chi connectivity index (χ3n) is 7.22. The van der Waals surface area contributed by atoms with Crippen LogP contribution in [0.4, 0.5) is 5.69 Å². The highest BCUT2D eigenvalue weighted by Crippen LogP contribution is 2.46. The molecule has 8 heteroatoms. The van der Waals surface area contributed by atoms with E-state index in [1.54, 1.807) is 55.1 Å². The van der Waals surface area contributed by atoms with E-state index < -0.39 is 17.1 Å². The number of hydrogen-bond acceptors (Lipinski definition) is 4. The number of halogens is 1. The van der Waals surface area contributed by atoms with Crippen molar-refractivity contribution in [3.05, 3.63) is 64.7 Å². The van der Waals surface area contributed by atoms with Crippen LogP contribution in [0.3, 0.4) is 0 Å². The molecular formula is C29H38ClN3O4. The molecule has 0 radical (unpaired) electrons. The Bertz CT molecular complexity index is 1150. The van der Waals surface area contributed by atoms with E-state index in [2.05, 4.69) is 10.6 Å². The van der Waals surface area contributed by atoms with Crippen molar-refractivity contribution in [2.45, 2.75) is 59.6 Å². The molecule has 0 bridgehead atoms. The number of anilines is 1. The second-order valence-electron chi connectivity index (χ2n) is 11.2. The minimum Gasteiger partial charge on any atom is -0.384 e. The topological polar surface area (TPSA) is 98.7 Å². The lowest BCUT2D eigenvalue weighted by Gasteiger charge is -2.51. The van der Waals surface area contributed by atoms with E-state index in [4.69, 9.17) is 11.6 Å². The van der Waals surface area contributed by atoms with Crippen molar-refractivity contribution in [1.82, 2.24) is 10.2 Å². The summed E-state index contributed by atoms with van der Waals surface area (Å²) in [5.41, 5.74) is -0.101. The van der Waals surface area contributed by atoms with E-state index in [0.29, 0.717) is 35.8 Å². The van der Waals surface area contributed by atoms with Crippen molar-refractivity contribution in [2.75, 3.05) is 18.4 Å². The zero-order chi connectivity index (χ0) is 27.5. The van der Waals surface area contributed by atoms with Crippen LogP contribution in [0.25, 0.3) is 0 Å². The van der Waals surface area contributed by atoms with Gasteiger partial charge in [-0.25, -0.2) is 0 Å². The number of nitrogens with zero attached hydrogens (tertiary/aromatic N) is 1. The van der Waals surface area contributed by atoms with Crippen LogP contribution in [-0.4, -0.2) is 46.9 Å². The van der Waals surface area contributed by atoms with Crippen LogP contribution in [0.5, 0.6) is 0 Å². The standard InChI is InChI=1S/C29H38ClN3O4/c1-18(2)24(32-26(35)20-8-7-9-23(16-20)31-25(34)19(3)4)27(36)33-15-14-29(37,28(5,6)17-33)21-10-12-22(30)13-11-21/h7-13,16,18-19,24,37H,14-15,17H2,1-6H3,(H,31,34)(H,32,35)/t24-,29+/m1/s1. The number of amides is 3. The Hall–Kier alpha value is -2.90. The van der Waals surface area contributed by atoms with E-state index in [-0.39, 0.29) is 29.6 Å². The normalized spacial score (nSPS) is 20.0. The largest absolute Gasteiger partial charge is 0.384 e. The maximum atomic E-state index is 13.6. The van der Waals surface area contributed by atoms with Crippen molar-refractivity contribution >= 4 is 35.0 Å². The first-order chi connectivity index (χ1) is 17.2. The summed E-state index contributed by atoms with van der Waals surface area (Å²) in [6.45, 7) is 12.0. The molecule has 2 atom stereocenters. The second-order valence-corrected chi connectivity index (χ2v) is 11.6. The molecule has 0 aliphatic carbocycles. The third kappa shape index (κ3) is 6.33. The first kappa shape index (κ1) is 28.7. The summed E-state index contributed by atoms with van der Waals surface area (Å²) in [4.78, 5) is 40.5. The van der Waals surface area contributed by atoms with Gasteiger partial charge in [-0.2, -0.15) is 0 Å². The molecule has 1 saturated heterocycles. The molecule has 1 aliphatic rings. The molecule has 1 fully saturated rings. The number of nitrogens with one attached hydrogen (secondary N) is 2. The molecule has 200 valence electrons. The molecule has 3 amide bonds. The van der Waals surface area contributed by atoms with Gasteiger partial charge in [0.25, 0.3) is 5.91 Å². The number of hydrogen-bond donors (Lipinski definition) is 3. The molecule has 7 nitrogen and oxygen atoms in total. The van der Waals surface area contributed by atoms with Crippen molar-refractivity contribution in [1.29, 1.82) is 0 Å². The van der Waals surface area contributed by atoms with E-state index in [1.807, 2.05) is 39.8 Å². The Kier molecular flexibility index (Phi) is 8.70. The lowest BCUT2D eigenvalue weighted by molar-refractivity contribution is -0.155. The van der Waals surface area contributed by atoms with Gasteiger partial charge in [-0.15, -0.1) is 0 Å². The Balaban J connectivity index is 1.74. The third-order valence-corrected chi connectivity index (χ3v) is 7.47. The first-order valence-corrected chi connectivity index (χ1v) is 13.1. The van der Waals surface area contributed by atoms with Crippen molar-refractivity contribution < 1.29 is 19.5 Å². The quantitative estimate of drug-likeness (QED) is 0.480.